The fraction of sp³-hybridized carbons (Fsp3) is 0.344. The van der Waals surface area contributed by atoms with E-state index in [-0.39, 0.29) is 17.8 Å². The van der Waals surface area contributed by atoms with E-state index in [1.807, 2.05) is 42.5 Å². The number of piperidine rings is 1. The number of rotatable bonds is 5. The van der Waals surface area contributed by atoms with Gasteiger partial charge in [0.15, 0.2) is 21.3 Å². The van der Waals surface area contributed by atoms with Gasteiger partial charge < -0.3 is 20.4 Å². The maximum atomic E-state index is 13.0. The number of carbonyl (C=O) groups is 3. The molecule has 1 aliphatic rings. The number of halogens is 6. The summed E-state index contributed by atoms with van der Waals surface area (Å²) in [6, 6.07) is 20.0. The average Bonchev–Trinajstić information content (AvgIpc) is 3.46. The van der Waals surface area contributed by atoms with Crippen LogP contribution in [-0.4, -0.2) is 82.8 Å². The number of hydrogen-bond acceptors (Lipinski definition) is 8. The summed E-state index contributed by atoms with van der Waals surface area (Å²) in [5.41, 5.74) is 2.36. The Bertz CT molecular complexity index is 1840. The lowest BCUT2D eigenvalue weighted by atomic mass is 9.87. The molecule has 0 spiro atoms. The molecule has 5 rings (SSSR count). The van der Waals surface area contributed by atoms with Crippen molar-refractivity contribution in [2.75, 3.05) is 23.3 Å². The maximum Gasteiger partial charge on any atom is 0.490 e. The number of alkyl halides is 6. The van der Waals surface area contributed by atoms with Gasteiger partial charge in [-0.2, -0.15) is 26.3 Å². The van der Waals surface area contributed by atoms with Crippen molar-refractivity contribution in [3.05, 3.63) is 84.1 Å². The Balaban J connectivity index is 0.000000550. The first-order valence-corrected chi connectivity index (χ1v) is 16.4. The third-order valence-electron chi connectivity index (χ3n) is 7.08. The Labute approximate surface area is 288 Å². The van der Waals surface area contributed by atoms with Gasteiger partial charge in [0.1, 0.15) is 5.82 Å². The molecule has 1 aliphatic heterocycles. The number of nitrogens with zero attached hydrogens (tertiary/aromatic N) is 4. The number of amides is 1. The predicted molar refractivity (Wildman–Crippen MR) is 174 cm³/mol. The third kappa shape index (κ3) is 12.9. The van der Waals surface area contributed by atoms with E-state index in [0.717, 1.165) is 11.4 Å². The summed E-state index contributed by atoms with van der Waals surface area (Å²) in [4.78, 5) is 36.9. The molecule has 19 heteroatoms. The van der Waals surface area contributed by atoms with Crippen molar-refractivity contribution in [2.24, 2.45) is 0 Å². The van der Waals surface area contributed by atoms with Crippen molar-refractivity contribution in [1.82, 2.24) is 14.6 Å². The van der Waals surface area contributed by atoms with E-state index in [9.17, 15) is 39.6 Å². The molecule has 1 fully saturated rings. The molecular weight excluding hydrogens is 712 g/mol. The molecule has 51 heavy (non-hydrogen) atoms. The van der Waals surface area contributed by atoms with Crippen LogP contribution in [-0.2, 0) is 24.8 Å². The average molecular weight is 748 g/mol. The maximum absolute atomic E-state index is 13.0. The molecule has 2 aromatic heterocycles. The van der Waals surface area contributed by atoms with Gasteiger partial charge in [-0.1, -0.05) is 51.1 Å². The van der Waals surface area contributed by atoms with Gasteiger partial charge in [0.05, 0.1) is 16.3 Å². The van der Waals surface area contributed by atoms with Crippen LogP contribution in [0.4, 0.5) is 38.0 Å². The lowest BCUT2D eigenvalue weighted by Crippen LogP contribution is -2.39. The van der Waals surface area contributed by atoms with Crippen LogP contribution in [0.3, 0.4) is 0 Å². The third-order valence-corrected chi connectivity index (χ3v) is 9.36. The van der Waals surface area contributed by atoms with Crippen molar-refractivity contribution in [3.63, 3.8) is 0 Å². The van der Waals surface area contributed by atoms with Crippen molar-refractivity contribution < 1.29 is 59.4 Å². The van der Waals surface area contributed by atoms with Crippen molar-refractivity contribution in [1.29, 1.82) is 0 Å². The fourth-order valence-electron chi connectivity index (χ4n) is 4.61. The number of carboxylic acid groups (broad SMARTS) is 2. The molecule has 0 aliphatic carbocycles. The van der Waals surface area contributed by atoms with Gasteiger partial charge >= 0.3 is 18.8 Å². The van der Waals surface area contributed by atoms with Crippen LogP contribution >= 0.6 is 0 Å². The van der Waals surface area contributed by atoms with Crippen LogP contribution in [0.15, 0.2) is 77.8 Å². The molecule has 0 bridgehead atoms. The van der Waals surface area contributed by atoms with Gasteiger partial charge in [0.2, 0.25) is 0 Å². The Morgan fingerprint density at radius 2 is 1.45 bits per heavy atom. The smallest absolute Gasteiger partial charge is 0.483 e. The molecular formula is C32H35F6N5O7S. The summed E-state index contributed by atoms with van der Waals surface area (Å²) < 4.78 is 88.3. The Hall–Kier alpha value is -5.20. The minimum absolute atomic E-state index is 0.0192. The summed E-state index contributed by atoms with van der Waals surface area (Å²) in [5, 5.41) is 21.1. The molecule has 0 atom stereocenters. The highest BCUT2D eigenvalue weighted by molar-refractivity contribution is 7.92. The second-order valence-corrected chi connectivity index (χ2v) is 13.8. The van der Waals surface area contributed by atoms with Crippen LogP contribution in [0.2, 0.25) is 0 Å². The number of sulfone groups is 1. The molecule has 0 saturated carbocycles. The van der Waals surface area contributed by atoms with Crippen molar-refractivity contribution >= 4 is 45.5 Å². The second-order valence-electron chi connectivity index (χ2n) is 11.6. The molecule has 1 saturated heterocycles. The minimum atomic E-state index is -5.08. The minimum Gasteiger partial charge on any atom is -0.483 e. The predicted octanol–water partition coefficient (Wildman–Crippen LogP) is 6.23. The number of aliphatic carboxylic acids is 1. The molecule has 3 heterocycles. The van der Waals surface area contributed by atoms with E-state index < -0.39 is 33.9 Å². The number of carbonyl (C=O) groups excluding carboxylic acids is 1. The summed E-state index contributed by atoms with van der Waals surface area (Å²) in [6.07, 6.45) is -2.32. The Morgan fingerprint density at radius 1 is 0.941 bits per heavy atom. The lowest BCUT2D eigenvalue weighted by molar-refractivity contribution is -0.192. The van der Waals surface area contributed by atoms with Crippen molar-refractivity contribution in [3.8, 4) is 0 Å². The van der Waals surface area contributed by atoms with Gasteiger partial charge in [0, 0.05) is 18.7 Å². The molecule has 12 nitrogen and oxygen atoms in total. The van der Waals surface area contributed by atoms with Gasteiger partial charge in [-0.25, -0.2) is 22.7 Å². The number of hydrogen-bond donors (Lipinski definition) is 3. The zero-order valence-electron chi connectivity index (χ0n) is 27.4. The number of nitrogens with one attached hydrogen (secondary N) is 1. The molecule has 4 aromatic rings. The van der Waals surface area contributed by atoms with E-state index in [1.54, 1.807) is 35.0 Å². The largest absolute Gasteiger partial charge is 0.490 e. The zero-order chi connectivity index (χ0) is 38.6. The van der Waals surface area contributed by atoms with E-state index in [0.29, 0.717) is 47.9 Å². The SMILES string of the molecule is CC(C)(C)c1ccc(C(=O)Nc2cn3nc(N4CCC(S(=O)(=O)c5ccccc5)CC4)ccc3n2)cc1.FC(F)F.O=C(O)C(F)(F)F.O=CO. The van der Waals surface area contributed by atoms with Crippen LogP contribution in [0.5, 0.6) is 0 Å². The summed E-state index contributed by atoms with van der Waals surface area (Å²) in [7, 11) is -3.35. The molecule has 3 N–H and O–H groups in total. The fourth-order valence-corrected chi connectivity index (χ4v) is 6.36. The monoisotopic (exact) mass is 747 g/mol. The van der Waals surface area contributed by atoms with E-state index in [4.69, 9.17) is 19.8 Å². The van der Waals surface area contributed by atoms with E-state index in [1.165, 1.54) is 0 Å². The number of benzene rings is 2. The standard InChI is InChI=1S/C28H31N5O3S.C2HF3O2.CHF3.CH2O2/c1-28(2,3)21-11-9-20(10-12-21)27(34)30-24-19-33-25(29-24)13-14-26(31-33)32-17-15-23(16-18-32)37(35,36)22-7-5-4-6-8-22;3-2(4,5)1(6)7;2-1(3)4;2-1-3/h4-14,19,23H,15-18H2,1-3H3,(H,30,34);(H,6,7);1H;1H,(H,2,3). The quantitative estimate of drug-likeness (QED) is 0.157. The number of carboxylic acids is 1. The summed E-state index contributed by atoms with van der Waals surface area (Å²) in [5.74, 6) is -1.82. The summed E-state index contributed by atoms with van der Waals surface area (Å²) >= 11 is 0. The second kappa shape index (κ2) is 18.2. The van der Waals surface area contributed by atoms with Gasteiger partial charge in [-0.05, 0) is 60.2 Å². The number of fused-ring (bicyclic) bond motifs is 1. The number of imidazole rings is 1. The van der Waals surface area contributed by atoms with Crippen LogP contribution in [0.1, 0.15) is 49.5 Å². The normalized spacial score (nSPS) is 13.5. The Kier molecular flexibility index (Phi) is 14.9. The van der Waals surface area contributed by atoms with Crippen LogP contribution in [0.25, 0.3) is 5.65 Å². The van der Waals surface area contributed by atoms with E-state index >= 15 is 0 Å². The first kappa shape index (κ1) is 42.0. The van der Waals surface area contributed by atoms with Crippen LogP contribution in [0, 0.1) is 0 Å². The number of anilines is 2. The first-order valence-electron chi connectivity index (χ1n) is 14.8. The number of aromatic nitrogens is 3. The Morgan fingerprint density at radius 3 is 1.92 bits per heavy atom. The van der Waals surface area contributed by atoms with Gasteiger partial charge in [-0.15, -0.1) is 5.10 Å². The molecule has 0 radical (unpaired) electrons. The molecule has 1 amide bonds. The zero-order valence-corrected chi connectivity index (χ0v) is 28.2. The first-order chi connectivity index (χ1) is 23.7. The van der Waals surface area contributed by atoms with E-state index in [2.05, 4.69) is 41.1 Å². The molecule has 0 unspecified atom stereocenters. The topological polar surface area (TPSA) is 171 Å². The van der Waals surface area contributed by atoms with Crippen molar-refractivity contribution in [2.45, 2.75) is 62.0 Å². The highest BCUT2D eigenvalue weighted by Crippen LogP contribution is 2.27. The summed E-state index contributed by atoms with van der Waals surface area (Å²) in [6.45, 7) is 3.68. The van der Waals surface area contributed by atoms with Gasteiger partial charge in [-0.3, -0.25) is 9.59 Å². The molecule has 2 aromatic carbocycles. The highest BCUT2D eigenvalue weighted by atomic mass is 32.2. The lowest BCUT2D eigenvalue weighted by Gasteiger charge is -2.32. The van der Waals surface area contributed by atoms with Crippen LogP contribution < -0.4 is 10.2 Å². The van der Waals surface area contributed by atoms with Gasteiger partial charge in [0.25, 0.3) is 12.4 Å². The molecule has 278 valence electrons. The highest BCUT2D eigenvalue weighted by Gasteiger charge is 2.38.